The summed E-state index contributed by atoms with van der Waals surface area (Å²) in [6, 6.07) is 11.6. The van der Waals surface area contributed by atoms with Crippen LogP contribution < -0.4 is 4.72 Å². The van der Waals surface area contributed by atoms with Crippen LogP contribution >= 0.6 is 11.8 Å². The molecule has 6 nitrogen and oxygen atoms in total. The van der Waals surface area contributed by atoms with Gasteiger partial charge in [-0.1, -0.05) is 30.0 Å². The van der Waals surface area contributed by atoms with E-state index in [2.05, 4.69) is 4.72 Å². The summed E-state index contributed by atoms with van der Waals surface area (Å²) in [5.74, 6) is -0.0355. The maximum Gasteiger partial charge on any atom is 0.289 e. The molecule has 2 aromatic rings. The predicted octanol–water partition coefficient (Wildman–Crippen LogP) is 3.30. The van der Waals surface area contributed by atoms with Crippen molar-refractivity contribution in [2.45, 2.75) is 25.3 Å². The lowest BCUT2D eigenvalue weighted by Crippen LogP contribution is -2.27. The maximum absolute atomic E-state index is 12.5. The van der Waals surface area contributed by atoms with E-state index in [1.54, 1.807) is 42.5 Å². The van der Waals surface area contributed by atoms with Crippen LogP contribution in [0.15, 0.2) is 47.4 Å². The van der Waals surface area contributed by atoms with E-state index in [1.165, 1.54) is 4.90 Å². The van der Waals surface area contributed by atoms with E-state index in [1.807, 2.05) is 13.8 Å². The number of benzene rings is 2. The van der Waals surface area contributed by atoms with Gasteiger partial charge < -0.3 is 0 Å². The Kier molecular flexibility index (Phi) is 5.06. The van der Waals surface area contributed by atoms with Crippen molar-refractivity contribution in [3.05, 3.63) is 59.2 Å². The van der Waals surface area contributed by atoms with Gasteiger partial charge in [0.1, 0.15) is 0 Å². The van der Waals surface area contributed by atoms with Crippen molar-refractivity contribution in [2.24, 2.45) is 0 Å². The van der Waals surface area contributed by atoms with E-state index >= 15 is 0 Å². The van der Waals surface area contributed by atoms with Crippen molar-refractivity contribution in [1.29, 1.82) is 0 Å². The summed E-state index contributed by atoms with van der Waals surface area (Å²) in [6.45, 7) is 3.98. The van der Waals surface area contributed by atoms with Gasteiger partial charge in [-0.25, -0.2) is 8.42 Å². The molecule has 2 amide bonds. The van der Waals surface area contributed by atoms with Gasteiger partial charge in [0.15, 0.2) is 0 Å². The summed E-state index contributed by atoms with van der Waals surface area (Å²) in [5.41, 5.74) is 3.10. The van der Waals surface area contributed by atoms with Crippen LogP contribution in [0, 0.1) is 13.8 Å². The lowest BCUT2D eigenvalue weighted by Gasteiger charge is -2.14. The molecule has 2 aromatic carbocycles. The molecule has 0 saturated carbocycles. The molecule has 0 aromatic heterocycles. The van der Waals surface area contributed by atoms with Crippen molar-refractivity contribution in [3.8, 4) is 0 Å². The van der Waals surface area contributed by atoms with E-state index in [-0.39, 0.29) is 28.3 Å². The van der Waals surface area contributed by atoms with Gasteiger partial charge in [0.05, 0.1) is 17.2 Å². The standard InChI is InChI=1S/C18H18N2O4S2/c1-12-3-8-16(9-13(12)2)26(23,24)19-15-6-4-14(5-7-15)10-20-17(21)11-25-18(20)22/h3-9,19H,10-11H2,1-2H3. The number of amides is 2. The second-order valence-electron chi connectivity index (χ2n) is 6.08. The van der Waals surface area contributed by atoms with E-state index in [0.29, 0.717) is 5.69 Å². The number of hydrogen-bond donors (Lipinski definition) is 1. The molecule has 0 aliphatic carbocycles. The molecule has 1 aliphatic heterocycles. The van der Waals surface area contributed by atoms with Gasteiger partial charge in [-0.3, -0.25) is 19.2 Å². The number of carbonyl (C=O) groups excluding carboxylic acids is 2. The van der Waals surface area contributed by atoms with Gasteiger partial charge in [-0.05, 0) is 54.8 Å². The van der Waals surface area contributed by atoms with Crippen molar-refractivity contribution in [2.75, 3.05) is 10.5 Å². The number of carbonyl (C=O) groups is 2. The van der Waals surface area contributed by atoms with Crippen molar-refractivity contribution < 1.29 is 18.0 Å². The zero-order valence-corrected chi connectivity index (χ0v) is 16.0. The Morgan fingerprint density at radius 1 is 1.04 bits per heavy atom. The molecule has 1 N–H and O–H groups in total. The third-order valence-corrected chi connectivity index (χ3v) is 6.41. The highest BCUT2D eigenvalue weighted by atomic mass is 32.2. The summed E-state index contributed by atoms with van der Waals surface area (Å²) in [4.78, 5) is 24.7. The van der Waals surface area contributed by atoms with Gasteiger partial charge in [0, 0.05) is 5.69 Å². The molecule has 0 bridgehead atoms. The number of anilines is 1. The zero-order valence-electron chi connectivity index (χ0n) is 14.4. The van der Waals surface area contributed by atoms with Gasteiger partial charge in [0.2, 0.25) is 5.91 Å². The molecule has 3 rings (SSSR count). The Labute approximate surface area is 156 Å². The minimum atomic E-state index is -3.68. The predicted molar refractivity (Wildman–Crippen MR) is 102 cm³/mol. The van der Waals surface area contributed by atoms with Gasteiger partial charge in [-0.15, -0.1) is 0 Å². The first kappa shape index (κ1) is 18.5. The number of nitrogens with one attached hydrogen (secondary N) is 1. The number of sulfonamides is 1. The minimum Gasteiger partial charge on any atom is -0.280 e. The highest BCUT2D eigenvalue weighted by molar-refractivity contribution is 8.14. The normalized spacial score (nSPS) is 14.8. The molecule has 1 heterocycles. The average Bonchev–Trinajstić information content (AvgIpc) is 2.90. The molecule has 1 fully saturated rings. The summed E-state index contributed by atoms with van der Waals surface area (Å²) in [7, 11) is -3.68. The Balaban J connectivity index is 1.73. The molecule has 1 aliphatic rings. The van der Waals surface area contributed by atoms with Crippen LogP contribution in [0.2, 0.25) is 0 Å². The molecule has 0 unspecified atom stereocenters. The van der Waals surface area contributed by atoms with E-state index < -0.39 is 10.0 Å². The number of aryl methyl sites for hydroxylation is 2. The Hall–Kier alpha value is -2.32. The topological polar surface area (TPSA) is 83.6 Å². The van der Waals surface area contributed by atoms with E-state index in [4.69, 9.17) is 0 Å². The highest BCUT2D eigenvalue weighted by Crippen LogP contribution is 2.23. The number of rotatable bonds is 5. The fourth-order valence-corrected chi connectivity index (χ4v) is 4.36. The Bertz CT molecular complexity index is 953. The molecule has 136 valence electrons. The smallest absolute Gasteiger partial charge is 0.280 e. The summed E-state index contributed by atoms with van der Waals surface area (Å²) < 4.78 is 27.5. The monoisotopic (exact) mass is 390 g/mol. The van der Waals surface area contributed by atoms with Crippen LogP contribution in [0.25, 0.3) is 0 Å². The first-order valence-electron chi connectivity index (χ1n) is 7.92. The fourth-order valence-electron chi connectivity index (χ4n) is 2.49. The SMILES string of the molecule is Cc1ccc(S(=O)(=O)Nc2ccc(CN3C(=O)CSC3=O)cc2)cc1C. The summed E-state index contributed by atoms with van der Waals surface area (Å²) >= 11 is 0.989. The molecule has 8 heteroatoms. The summed E-state index contributed by atoms with van der Waals surface area (Å²) in [6.07, 6.45) is 0. The van der Waals surface area contributed by atoms with Gasteiger partial charge >= 0.3 is 0 Å². The fraction of sp³-hybridized carbons (Fsp3) is 0.222. The van der Waals surface area contributed by atoms with Crippen LogP contribution in [0.3, 0.4) is 0 Å². The van der Waals surface area contributed by atoms with Crippen molar-refractivity contribution >= 4 is 38.6 Å². The molecular formula is C18H18N2O4S2. The lowest BCUT2D eigenvalue weighted by molar-refractivity contribution is -0.125. The molecule has 0 radical (unpaired) electrons. The molecule has 0 atom stereocenters. The number of nitrogens with zero attached hydrogens (tertiary/aromatic N) is 1. The second kappa shape index (κ2) is 7.13. The zero-order chi connectivity index (χ0) is 18.9. The summed E-state index contributed by atoms with van der Waals surface area (Å²) in [5, 5.41) is -0.255. The van der Waals surface area contributed by atoms with Crippen LogP contribution in [-0.2, 0) is 21.4 Å². The molecule has 26 heavy (non-hydrogen) atoms. The van der Waals surface area contributed by atoms with Crippen molar-refractivity contribution in [1.82, 2.24) is 4.90 Å². The first-order valence-corrected chi connectivity index (χ1v) is 10.4. The van der Waals surface area contributed by atoms with Crippen molar-refractivity contribution in [3.63, 3.8) is 0 Å². The largest absolute Gasteiger partial charge is 0.289 e. The number of hydrogen-bond acceptors (Lipinski definition) is 5. The number of imide groups is 1. The maximum atomic E-state index is 12.5. The lowest BCUT2D eigenvalue weighted by atomic mass is 10.1. The van der Waals surface area contributed by atoms with Gasteiger partial charge in [-0.2, -0.15) is 0 Å². The molecular weight excluding hydrogens is 372 g/mol. The quantitative estimate of drug-likeness (QED) is 0.847. The van der Waals surface area contributed by atoms with Crippen LogP contribution in [0.5, 0.6) is 0 Å². The third-order valence-electron chi connectivity index (χ3n) is 4.18. The van der Waals surface area contributed by atoms with E-state index in [9.17, 15) is 18.0 Å². The minimum absolute atomic E-state index is 0.173. The Morgan fingerprint density at radius 2 is 1.73 bits per heavy atom. The van der Waals surface area contributed by atoms with Gasteiger partial charge in [0.25, 0.3) is 15.3 Å². The number of thioether (sulfide) groups is 1. The third kappa shape index (κ3) is 3.91. The molecule has 1 saturated heterocycles. The highest BCUT2D eigenvalue weighted by Gasteiger charge is 2.29. The average molecular weight is 390 g/mol. The van der Waals surface area contributed by atoms with Crippen LogP contribution in [-0.4, -0.2) is 30.2 Å². The second-order valence-corrected chi connectivity index (χ2v) is 8.69. The first-order chi connectivity index (χ1) is 12.3. The molecule has 0 spiro atoms. The van der Waals surface area contributed by atoms with E-state index in [0.717, 1.165) is 28.5 Å². The van der Waals surface area contributed by atoms with Crippen LogP contribution in [0.1, 0.15) is 16.7 Å². The van der Waals surface area contributed by atoms with Crippen LogP contribution in [0.4, 0.5) is 10.5 Å². The Morgan fingerprint density at radius 3 is 2.31 bits per heavy atom.